The highest BCUT2D eigenvalue weighted by atomic mass is 32.2. The molecule has 1 amide bonds. The lowest BCUT2D eigenvalue weighted by molar-refractivity contribution is 0.0292. The van der Waals surface area contributed by atoms with Gasteiger partial charge in [-0.2, -0.15) is 17.4 Å². The van der Waals surface area contributed by atoms with Crippen molar-refractivity contribution in [2.45, 2.75) is 58.6 Å². The summed E-state index contributed by atoms with van der Waals surface area (Å²) in [5.41, 5.74) is -0.543. The molecule has 0 spiro atoms. The number of likely N-dealkylation sites (tertiary alicyclic amines) is 1. The van der Waals surface area contributed by atoms with Crippen LogP contribution in [0.5, 0.6) is 0 Å². The smallest absolute Gasteiger partial charge is 0.410 e. The number of hydrogen-bond acceptors (Lipinski definition) is 4. The van der Waals surface area contributed by atoms with E-state index in [0.29, 0.717) is 38.5 Å². The van der Waals surface area contributed by atoms with Gasteiger partial charge in [-0.05, 0) is 46.0 Å². The Morgan fingerprint density at radius 3 is 2.48 bits per heavy atom. The summed E-state index contributed by atoms with van der Waals surface area (Å²) in [6.45, 7) is 9.54. The van der Waals surface area contributed by atoms with Crippen LogP contribution in [0.25, 0.3) is 0 Å². The Morgan fingerprint density at radius 1 is 1.17 bits per heavy atom. The third-order valence-corrected chi connectivity index (χ3v) is 5.76. The van der Waals surface area contributed by atoms with E-state index in [0.717, 1.165) is 12.8 Å². The summed E-state index contributed by atoms with van der Waals surface area (Å²) in [5.74, 6) is 0.391. The molecule has 2 atom stereocenters. The van der Waals surface area contributed by atoms with Gasteiger partial charge in [-0.3, -0.25) is 0 Å². The Labute approximate surface area is 139 Å². The van der Waals surface area contributed by atoms with Crippen LogP contribution in [0.1, 0.15) is 47.0 Å². The number of ether oxygens (including phenoxy) is 1. The fourth-order valence-electron chi connectivity index (χ4n) is 3.00. The molecule has 0 saturated carbocycles. The molecule has 2 aliphatic rings. The second-order valence-electron chi connectivity index (χ2n) is 7.64. The van der Waals surface area contributed by atoms with E-state index in [1.807, 2.05) is 20.8 Å². The van der Waals surface area contributed by atoms with E-state index in [1.165, 1.54) is 4.31 Å². The zero-order valence-corrected chi connectivity index (χ0v) is 15.4. The van der Waals surface area contributed by atoms with Gasteiger partial charge < -0.3 is 9.64 Å². The number of nitrogens with zero attached hydrogens (tertiary/aromatic N) is 2. The Morgan fingerprint density at radius 2 is 1.87 bits per heavy atom. The third-order valence-electron chi connectivity index (χ3n) is 4.12. The van der Waals surface area contributed by atoms with E-state index >= 15 is 0 Å². The second-order valence-corrected chi connectivity index (χ2v) is 9.34. The maximum Gasteiger partial charge on any atom is 0.410 e. The molecule has 0 aliphatic carbocycles. The number of nitrogens with one attached hydrogen (secondary N) is 1. The number of amides is 1. The van der Waals surface area contributed by atoms with Gasteiger partial charge in [-0.1, -0.05) is 6.92 Å². The van der Waals surface area contributed by atoms with Crippen molar-refractivity contribution < 1.29 is 17.9 Å². The molecule has 0 unspecified atom stereocenters. The van der Waals surface area contributed by atoms with E-state index < -0.39 is 15.8 Å². The van der Waals surface area contributed by atoms with Crippen LogP contribution in [0.2, 0.25) is 0 Å². The van der Waals surface area contributed by atoms with E-state index in [2.05, 4.69) is 11.6 Å². The number of rotatable bonds is 3. The van der Waals surface area contributed by atoms with Crippen LogP contribution in [-0.2, 0) is 14.9 Å². The summed E-state index contributed by atoms with van der Waals surface area (Å²) < 4.78 is 34.5. The molecule has 2 heterocycles. The number of hydrogen-bond donors (Lipinski definition) is 1. The summed E-state index contributed by atoms with van der Waals surface area (Å²) in [6, 6.07) is -0.246. The molecule has 0 bridgehead atoms. The summed E-state index contributed by atoms with van der Waals surface area (Å²) in [7, 11) is -3.48. The second kappa shape index (κ2) is 6.94. The standard InChI is InChI=1S/C15H29N3O4S/c1-12-6-5-8-18(10-12)23(20,21)16-13-7-9-17(11-13)14(19)22-15(2,3)4/h12-13,16H,5-11H2,1-4H3/t12-,13+/m0/s1. The predicted molar refractivity (Wildman–Crippen MR) is 88.2 cm³/mol. The lowest BCUT2D eigenvalue weighted by Gasteiger charge is -2.31. The first-order valence-electron chi connectivity index (χ1n) is 8.32. The molecule has 134 valence electrons. The lowest BCUT2D eigenvalue weighted by atomic mass is 10.0. The zero-order valence-electron chi connectivity index (χ0n) is 14.5. The summed E-state index contributed by atoms with van der Waals surface area (Å²) >= 11 is 0. The molecular formula is C15H29N3O4S. The van der Waals surface area contributed by atoms with E-state index in [9.17, 15) is 13.2 Å². The third kappa shape index (κ3) is 5.32. The van der Waals surface area contributed by atoms with Gasteiger partial charge in [0.2, 0.25) is 0 Å². The Balaban J connectivity index is 1.88. The van der Waals surface area contributed by atoms with Crippen LogP contribution in [0.15, 0.2) is 0 Å². The van der Waals surface area contributed by atoms with Gasteiger partial charge in [-0.15, -0.1) is 0 Å². The first-order chi connectivity index (χ1) is 10.6. The van der Waals surface area contributed by atoms with E-state index in [-0.39, 0.29) is 12.1 Å². The van der Waals surface area contributed by atoms with Gasteiger partial charge in [0.15, 0.2) is 0 Å². The average Bonchev–Trinajstić information content (AvgIpc) is 2.84. The topological polar surface area (TPSA) is 79.0 Å². The van der Waals surface area contributed by atoms with Crippen molar-refractivity contribution >= 4 is 16.3 Å². The largest absolute Gasteiger partial charge is 0.444 e. The van der Waals surface area contributed by atoms with Gasteiger partial charge in [0.1, 0.15) is 5.60 Å². The molecular weight excluding hydrogens is 318 g/mol. The van der Waals surface area contributed by atoms with E-state index in [1.54, 1.807) is 4.90 Å². The van der Waals surface area contributed by atoms with Crippen LogP contribution in [-0.4, -0.2) is 61.5 Å². The van der Waals surface area contributed by atoms with Crippen LogP contribution >= 0.6 is 0 Å². The van der Waals surface area contributed by atoms with Crippen molar-refractivity contribution in [2.24, 2.45) is 5.92 Å². The normalized spacial score (nSPS) is 27.2. The first-order valence-corrected chi connectivity index (χ1v) is 9.76. The maximum atomic E-state index is 12.5. The molecule has 1 N–H and O–H groups in total. The number of carbonyl (C=O) groups is 1. The molecule has 7 nitrogen and oxygen atoms in total. The zero-order chi connectivity index (χ0) is 17.3. The summed E-state index contributed by atoms with van der Waals surface area (Å²) in [4.78, 5) is 13.6. The highest BCUT2D eigenvalue weighted by molar-refractivity contribution is 7.87. The van der Waals surface area contributed by atoms with Crippen molar-refractivity contribution in [1.82, 2.24) is 13.9 Å². The minimum Gasteiger partial charge on any atom is -0.444 e. The SMILES string of the molecule is C[C@H]1CCCN(S(=O)(=O)N[C@@H]2CCN(C(=O)OC(C)(C)C)C2)C1. The number of piperidine rings is 1. The van der Waals surface area contributed by atoms with Crippen LogP contribution in [0.3, 0.4) is 0 Å². The average molecular weight is 347 g/mol. The van der Waals surface area contributed by atoms with Gasteiger partial charge >= 0.3 is 6.09 Å². The first kappa shape index (κ1) is 18.5. The fourth-order valence-corrected chi connectivity index (χ4v) is 4.58. The predicted octanol–water partition coefficient (Wildman–Crippen LogP) is 1.56. The molecule has 0 radical (unpaired) electrons. The molecule has 0 aromatic heterocycles. The van der Waals surface area contributed by atoms with Crippen LogP contribution in [0, 0.1) is 5.92 Å². The maximum absolute atomic E-state index is 12.5. The highest BCUT2D eigenvalue weighted by Gasteiger charge is 2.34. The lowest BCUT2D eigenvalue weighted by Crippen LogP contribution is -2.49. The Kier molecular flexibility index (Phi) is 5.58. The van der Waals surface area contributed by atoms with Crippen molar-refractivity contribution in [3.8, 4) is 0 Å². The van der Waals surface area contributed by atoms with Gasteiger partial charge in [0.25, 0.3) is 10.2 Å². The van der Waals surface area contributed by atoms with Gasteiger partial charge in [0.05, 0.1) is 0 Å². The van der Waals surface area contributed by atoms with E-state index in [4.69, 9.17) is 4.74 Å². The minimum absolute atomic E-state index is 0.246. The quantitative estimate of drug-likeness (QED) is 0.840. The van der Waals surface area contributed by atoms with Crippen molar-refractivity contribution in [2.75, 3.05) is 26.2 Å². The van der Waals surface area contributed by atoms with Crippen LogP contribution < -0.4 is 4.72 Å². The Hall–Kier alpha value is -0.860. The molecule has 2 rings (SSSR count). The Bertz CT molecular complexity index is 529. The number of carbonyl (C=O) groups excluding carboxylic acids is 1. The fraction of sp³-hybridized carbons (Fsp3) is 0.933. The molecule has 23 heavy (non-hydrogen) atoms. The summed E-state index contributed by atoms with van der Waals surface area (Å²) in [5, 5.41) is 0. The van der Waals surface area contributed by atoms with Gasteiger partial charge in [0, 0.05) is 32.2 Å². The minimum atomic E-state index is -3.48. The van der Waals surface area contributed by atoms with Crippen molar-refractivity contribution in [3.63, 3.8) is 0 Å². The van der Waals surface area contributed by atoms with Crippen molar-refractivity contribution in [3.05, 3.63) is 0 Å². The molecule has 2 saturated heterocycles. The van der Waals surface area contributed by atoms with Crippen molar-refractivity contribution in [1.29, 1.82) is 0 Å². The molecule has 2 aliphatic heterocycles. The highest BCUT2D eigenvalue weighted by Crippen LogP contribution is 2.20. The monoisotopic (exact) mass is 347 g/mol. The molecule has 8 heteroatoms. The van der Waals surface area contributed by atoms with Gasteiger partial charge in [-0.25, -0.2) is 4.79 Å². The molecule has 2 fully saturated rings. The van der Waals surface area contributed by atoms with Crippen LogP contribution in [0.4, 0.5) is 4.79 Å². The summed E-state index contributed by atoms with van der Waals surface area (Å²) in [6.07, 6.45) is 2.20. The molecule has 0 aromatic carbocycles. The molecule has 0 aromatic rings.